The number of carbonyl (C=O) groups excluding carboxylic acids is 2. The van der Waals surface area contributed by atoms with Gasteiger partial charge in [-0.15, -0.1) is 18.3 Å². The first-order valence-corrected chi connectivity index (χ1v) is 7.55. The Labute approximate surface area is 145 Å². The molecule has 2 aromatic rings. The standard InChI is InChI=1S/C15H15F3N4O4/c1-2-3-8-25-14(24)10-4-6-11(7-5-10)22-9-12(19-21-22)13(23)20-26-15(16,17)18/h4-7,9H,2-3,8H2,1H3,(H,20,23). The van der Waals surface area contributed by atoms with Gasteiger partial charge in [0.25, 0.3) is 5.91 Å². The summed E-state index contributed by atoms with van der Waals surface area (Å²) < 4.78 is 41.9. The van der Waals surface area contributed by atoms with E-state index in [-0.39, 0.29) is 5.69 Å². The van der Waals surface area contributed by atoms with Crippen LogP contribution < -0.4 is 5.48 Å². The number of aromatic nitrogens is 3. The Morgan fingerprint density at radius 2 is 1.92 bits per heavy atom. The second kappa shape index (κ2) is 8.43. The lowest BCUT2D eigenvalue weighted by Gasteiger charge is -2.06. The van der Waals surface area contributed by atoms with Gasteiger partial charge in [-0.3, -0.25) is 4.79 Å². The fourth-order valence-corrected chi connectivity index (χ4v) is 1.79. The van der Waals surface area contributed by atoms with E-state index in [2.05, 4.69) is 15.1 Å². The molecule has 11 heteroatoms. The van der Waals surface area contributed by atoms with Crippen LogP contribution in [0.4, 0.5) is 13.2 Å². The molecule has 1 heterocycles. The third-order valence-corrected chi connectivity index (χ3v) is 3.08. The summed E-state index contributed by atoms with van der Waals surface area (Å²) >= 11 is 0. The molecular weight excluding hydrogens is 357 g/mol. The number of benzene rings is 1. The zero-order valence-electron chi connectivity index (χ0n) is 13.6. The summed E-state index contributed by atoms with van der Waals surface area (Å²) in [6, 6.07) is 6.05. The molecular formula is C15H15F3N4O4. The molecule has 0 saturated carbocycles. The molecule has 140 valence electrons. The van der Waals surface area contributed by atoms with Crippen molar-refractivity contribution in [2.45, 2.75) is 26.1 Å². The molecule has 2 rings (SSSR count). The van der Waals surface area contributed by atoms with Gasteiger partial charge in [-0.25, -0.2) is 15.0 Å². The lowest BCUT2D eigenvalue weighted by atomic mass is 10.2. The highest BCUT2D eigenvalue weighted by Gasteiger charge is 2.31. The van der Waals surface area contributed by atoms with Crippen LogP contribution in [0.5, 0.6) is 0 Å². The van der Waals surface area contributed by atoms with Crippen molar-refractivity contribution < 1.29 is 32.3 Å². The van der Waals surface area contributed by atoms with E-state index >= 15 is 0 Å². The predicted molar refractivity (Wildman–Crippen MR) is 81.2 cm³/mol. The summed E-state index contributed by atoms with van der Waals surface area (Å²) in [7, 11) is 0. The van der Waals surface area contributed by atoms with Crippen molar-refractivity contribution in [2.24, 2.45) is 0 Å². The number of nitrogens with one attached hydrogen (secondary N) is 1. The monoisotopic (exact) mass is 372 g/mol. The maximum Gasteiger partial charge on any atom is 0.543 e. The van der Waals surface area contributed by atoms with E-state index in [4.69, 9.17) is 4.74 Å². The topological polar surface area (TPSA) is 95.3 Å². The summed E-state index contributed by atoms with van der Waals surface area (Å²) in [5, 5.41) is 7.10. The highest BCUT2D eigenvalue weighted by molar-refractivity contribution is 5.91. The first-order chi connectivity index (χ1) is 12.3. The zero-order valence-corrected chi connectivity index (χ0v) is 13.6. The van der Waals surface area contributed by atoms with Gasteiger partial charge >= 0.3 is 12.3 Å². The van der Waals surface area contributed by atoms with E-state index in [1.54, 1.807) is 0 Å². The number of carbonyl (C=O) groups is 2. The number of hydroxylamine groups is 1. The normalized spacial score (nSPS) is 11.2. The maximum atomic E-state index is 11.9. The van der Waals surface area contributed by atoms with Crippen LogP contribution in [0.1, 0.15) is 40.6 Å². The zero-order chi connectivity index (χ0) is 19.2. The van der Waals surface area contributed by atoms with Gasteiger partial charge in [-0.1, -0.05) is 18.6 Å². The molecule has 0 radical (unpaired) electrons. The molecule has 8 nitrogen and oxygen atoms in total. The van der Waals surface area contributed by atoms with Gasteiger partial charge in [0.2, 0.25) is 0 Å². The van der Waals surface area contributed by atoms with Crippen molar-refractivity contribution in [3.05, 3.63) is 41.7 Å². The molecule has 1 amide bonds. The van der Waals surface area contributed by atoms with Crippen LogP contribution in [0.25, 0.3) is 5.69 Å². The van der Waals surface area contributed by atoms with Crippen LogP contribution in [0.15, 0.2) is 30.5 Å². The first kappa shape index (κ1) is 19.4. The Morgan fingerprint density at radius 3 is 2.54 bits per heavy atom. The summed E-state index contributed by atoms with van der Waals surface area (Å²) in [4.78, 5) is 26.5. The molecule has 0 unspecified atom stereocenters. The number of esters is 1. The van der Waals surface area contributed by atoms with E-state index in [0.29, 0.717) is 17.9 Å². The second-order valence-corrected chi connectivity index (χ2v) is 5.06. The maximum absolute atomic E-state index is 11.9. The number of halogens is 3. The molecule has 0 aliphatic heterocycles. The molecule has 1 aromatic heterocycles. The SMILES string of the molecule is CCCCOC(=O)c1ccc(-n2cc(C(=O)NOC(F)(F)F)nn2)cc1. The summed E-state index contributed by atoms with van der Waals surface area (Å²) in [5.41, 5.74) is 1.61. The summed E-state index contributed by atoms with van der Waals surface area (Å²) in [5.74, 6) is -1.67. The smallest absolute Gasteiger partial charge is 0.462 e. The Hall–Kier alpha value is -2.95. The van der Waals surface area contributed by atoms with Crippen LogP contribution >= 0.6 is 0 Å². The van der Waals surface area contributed by atoms with Gasteiger partial charge in [0.05, 0.1) is 24.1 Å². The fourth-order valence-electron chi connectivity index (χ4n) is 1.79. The molecule has 0 fully saturated rings. The van der Waals surface area contributed by atoms with Crippen molar-refractivity contribution in [1.82, 2.24) is 20.5 Å². The summed E-state index contributed by atoms with van der Waals surface area (Å²) in [6.45, 7) is 2.31. The van der Waals surface area contributed by atoms with Crippen LogP contribution in [0, 0.1) is 0 Å². The van der Waals surface area contributed by atoms with Crippen molar-refractivity contribution in [1.29, 1.82) is 0 Å². The minimum atomic E-state index is -5.01. The number of hydrogen-bond acceptors (Lipinski definition) is 6. The highest BCUT2D eigenvalue weighted by atomic mass is 19.4. The van der Waals surface area contributed by atoms with Crippen molar-refractivity contribution in [2.75, 3.05) is 6.61 Å². The van der Waals surface area contributed by atoms with Gasteiger partial charge < -0.3 is 4.74 Å². The third-order valence-electron chi connectivity index (χ3n) is 3.08. The van der Waals surface area contributed by atoms with E-state index in [1.165, 1.54) is 29.7 Å². The molecule has 0 atom stereocenters. The van der Waals surface area contributed by atoms with Gasteiger partial charge in [0.1, 0.15) is 0 Å². The van der Waals surface area contributed by atoms with Crippen LogP contribution in [0.2, 0.25) is 0 Å². The number of amides is 1. The molecule has 1 N–H and O–H groups in total. The van der Waals surface area contributed by atoms with Crippen molar-refractivity contribution in [3.8, 4) is 5.69 Å². The predicted octanol–water partition coefficient (Wildman–Crippen LogP) is 2.41. The highest BCUT2D eigenvalue weighted by Crippen LogP contribution is 2.14. The minimum absolute atomic E-state index is 0.332. The molecule has 26 heavy (non-hydrogen) atoms. The third kappa shape index (κ3) is 5.55. The molecule has 0 saturated heterocycles. The number of alkyl halides is 3. The van der Waals surface area contributed by atoms with Gasteiger partial charge in [-0.05, 0) is 30.7 Å². The number of unbranched alkanes of at least 4 members (excludes halogenated alkanes) is 1. The van der Waals surface area contributed by atoms with Gasteiger partial charge in [-0.2, -0.15) is 4.84 Å². The average Bonchev–Trinajstić information content (AvgIpc) is 3.09. The van der Waals surface area contributed by atoms with Gasteiger partial charge in [0.15, 0.2) is 5.69 Å². The summed E-state index contributed by atoms with van der Waals surface area (Å²) in [6.07, 6.45) is -2.22. The number of rotatable bonds is 7. The molecule has 0 bridgehead atoms. The van der Waals surface area contributed by atoms with Crippen molar-refractivity contribution >= 4 is 11.9 Å². The Kier molecular flexibility index (Phi) is 6.28. The molecule has 1 aromatic carbocycles. The number of nitrogens with zero attached hydrogens (tertiary/aromatic N) is 3. The molecule has 0 aliphatic rings. The fraction of sp³-hybridized carbons (Fsp3) is 0.333. The quantitative estimate of drug-likeness (QED) is 0.456. The van der Waals surface area contributed by atoms with E-state index in [9.17, 15) is 22.8 Å². The Balaban J connectivity index is 2.00. The molecule has 0 aliphatic carbocycles. The minimum Gasteiger partial charge on any atom is -0.462 e. The van der Waals surface area contributed by atoms with E-state index < -0.39 is 18.2 Å². The second-order valence-electron chi connectivity index (χ2n) is 5.06. The van der Waals surface area contributed by atoms with Crippen LogP contribution in [-0.2, 0) is 9.57 Å². The largest absolute Gasteiger partial charge is 0.543 e. The Morgan fingerprint density at radius 1 is 1.23 bits per heavy atom. The van der Waals surface area contributed by atoms with E-state index in [1.807, 2.05) is 6.92 Å². The lowest BCUT2D eigenvalue weighted by molar-refractivity contribution is -0.343. The number of ether oxygens (including phenoxy) is 1. The van der Waals surface area contributed by atoms with E-state index in [0.717, 1.165) is 23.7 Å². The first-order valence-electron chi connectivity index (χ1n) is 7.55. The van der Waals surface area contributed by atoms with Crippen molar-refractivity contribution in [3.63, 3.8) is 0 Å². The average molecular weight is 372 g/mol. The van der Waals surface area contributed by atoms with Gasteiger partial charge in [0, 0.05) is 0 Å². The Bertz CT molecular complexity index is 759. The molecule has 0 spiro atoms. The van der Waals surface area contributed by atoms with Crippen LogP contribution in [-0.4, -0.2) is 39.8 Å². The number of hydrogen-bond donors (Lipinski definition) is 1. The van der Waals surface area contributed by atoms with Crippen LogP contribution in [0.3, 0.4) is 0 Å². The lowest BCUT2D eigenvalue weighted by Crippen LogP contribution is -2.31.